The van der Waals surface area contributed by atoms with Crippen LogP contribution in [-0.4, -0.2) is 6.04 Å². The summed E-state index contributed by atoms with van der Waals surface area (Å²) in [4.78, 5) is 0. The molecule has 1 aromatic carbocycles. The third-order valence-corrected chi connectivity index (χ3v) is 2.20. The van der Waals surface area contributed by atoms with Crippen LogP contribution in [0.3, 0.4) is 0 Å². The van der Waals surface area contributed by atoms with E-state index < -0.39 is 35.7 Å². The lowest BCUT2D eigenvalue weighted by Crippen LogP contribution is -2.28. The molecule has 96 valence electrons. The van der Waals surface area contributed by atoms with Gasteiger partial charge in [0, 0.05) is 18.0 Å². The van der Waals surface area contributed by atoms with Gasteiger partial charge < -0.3 is 5.73 Å². The van der Waals surface area contributed by atoms with Crippen LogP contribution in [0.15, 0.2) is 24.3 Å². The maximum absolute atomic E-state index is 13.6. The Morgan fingerprint density at radius 2 is 1.53 bits per heavy atom. The van der Waals surface area contributed by atoms with Gasteiger partial charge in [-0.15, -0.1) is 0 Å². The summed E-state index contributed by atoms with van der Waals surface area (Å²) < 4.78 is 64.9. The predicted molar refractivity (Wildman–Crippen MR) is 53.6 cm³/mol. The summed E-state index contributed by atoms with van der Waals surface area (Å²) in [5.74, 6) is -3.58. The van der Waals surface area contributed by atoms with E-state index in [9.17, 15) is 22.0 Å². The summed E-state index contributed by atoms with van der Waals surface area (Å²) >= 11 is 0. The van der Waals surface area contributed by atoms with Gasteiger partial charge in [-0.05, 0) is 13.0 Å². The Kier molecular flexibility index (Phi) is 3.76. The molecule has 0 aliphatic heterocycles. The Bertz CT molecular complexity index is 384. The second-order valence-corrected chi connectivity index (χ2v) is 3.93. The van der Waals surface area contributed by atoms with Gasteiger partial charge in [0.1, 0.15) is 0 Å². The van der Waals surface area contributed by atoms with Crippen molar-refractivity contribution >= 4 is 0 Å². The Morgan fingerprint density at radius 3 is 1.94 bits per heavy atom. The van der Waals surface area contributed by atoms with Gasteiger partial charge in [0.15, 0.2) is 0 Å². The van der Waals surface area contributed by atoms with Crippen LogP contribution < -0.4 is 5.73 Å². The Hall–Kier alpha value is -1.17. The van der Waals surface area contributed by atoms with Gasteiger partial charge in [-0.3, -0.25) is 0 Å². The Morgan fingerprint density at radius 1 is 1.06 bits per heavy atom. The molecule has 1 atom stereocenters. The molecule has 0 bridgehead atoms. The molecule has 2 N–H and O–H groups in total. The first-order valence-corrected chi connectivity index (χ1v) is 4.94. The van der Waals surface area contributed by atoms with E-state index in [4.69, 9.17) is 5.73 Å². The fourth-order valence-electron chi connectivity index (χ4n) is 1.56. The van der Waals surface area contributed by atoms with Crippen LogP contribution in [0.2, 0.25) is 0 Å². The molecule has 0 aromatic heterocycles. The maximum atomic E-state index is 13.6. The first-order chi connectivity index (χ1) is 7.64. The van der Waals surface area contributed by atoms with Gasteiger partial charge in [-0.1, -0.05) is 18.2 Å². The highest BCUT2D eigenvalue weighted by atomic mass is 19.4. The van der Waals surface area contributed by atoms with E-state index in [1.54, 1.807) is 0 Å². The average Bonchev–Trinajstić information content (AvgIpc) is 2.14. The van der Waals surface area contributed by atoms with Crippen molar-refractivity contribution in [3.05, 3.63) is 35.4 Å². The lowest BCUT2D eigenvalue weighted by molar-refractivity contribution is -0.142. The van der Waals surface area contributed by atoms with Crippen LogP contribution in [0.1, 0.15) is 24.5 Å². The molecule has 0 saturated heterocycles. The monoisotopic (exact) mass is 253 g/mol. The van der Waals surface area contributed by atoms with Crippen molar-refractivity contribution in [2.45, 2.75) is 31.5 Å². The van der Waals surface area contributed by atoms with Gasteiger partial charge in [0.05, 0.1) is 5.56 Å². The van der Waals surface area contributed by atoms with E-state index in [1.807, 2.05) is 0 Å². The quantitative estimate of drug-likeness (QED) is 0.819. The molecular formula is C11H12F5N. The average molecular weight is 253 g/mol. The summed E-state index contributed by atoms with van der Waals surface area (Å²) in [7, 11) is 0. The van der Waals surface area contributed by atoms with Crippen LogP contribution in [0.25, 0.3) is 0 Å². The molecule has 1 unspecified atom stereocenters. The zero-order valence-electron chi connectivity index (χ0n) is 9.06. The molecular weight excluding hydrogens is 241 g/mol. The molecule has 1 rings (SSSR count). The minimum absolute atomic E-state index is 0.643. The summed E-state index contributed by atoms with van der Waals surface area (Å²) in [5, 5.41) is 0. The summed E-state index contributed by atoms with van der Waals surface area (Å²) in [6.45, 7) is 1.32. The minimum atomic E-state index is -4.79. The summed E-state index contributed by atoms with van der Waals surface area (Å²) in [5.41, 5.74) is 2.88. The molecule has 0 aliphatic rings. The summed E-state index contributed by atoms with van der Waals surface area (Å²) in [6.07, 6.45) is -5.61. The van der Waals surface area contributed by atoms with Crippen LogP contribution in [0.5, 0.6) is 0 Å². The predicted octanol–water partition coefficient (Wildman–Crippen LogP) is 3.53. The number of nitrogens with two attached hydrogens (primary N) is 1. The van der Waals surface area contributed by atoms with Crippen LogP contribution >= 0.6 is 0 Å². The fraction of sp³-hybridized carbons (Fsp3) is 0.455. The van der Waals surface area contributed by atoms with Gasteiger partial charge in [0.25, 0.3) is 5.92 Å². The highest BCUT2D eigenvalue weighted by molar-refractivity contribution is 5.33. The van der Waals surface area contributed by atoms with Crippen molar-refractivity contribution in [2.24, 2.45) is 5.73 Å². The molecule has 1 aromatic rings. The van der Waals surface area contributed by atoms with E-state index in [-0.39, 0.29) is 0 Å². The van der Waals surface area contributed by atoms with Crippen LogP contribution in [0.4, 0.5) is 22.0 Å². The molecule has 0 fully saturated rings. The largest absolute Gasteiger partial charge is 0.416 e. The van der Waals surface area contributed by atoms with Gasteiger partial charge in [0.2, 0.25) is 0 Å². The number of benzene rings is 1. The lowest BCUT2D eigenvalue weighted by atomic mass is 9.96. The third kappa shape index (κ3) is 3.39. The van der Waals surface area contributed by atoms with E-state index in [1.165, 1.54) is 6.92 Å². The van der Waals surface area contributed by atoms with E-state index >= 15 is 0 Å². The third-order valence-electron chi connectivity index (χ3n) is 2.20. The number of hydrogen-bond acceptors (Lipinski definition) is 1. The highest BCUT2D eigenvalue weighted by Crippen LogP contribution is 2.41. The number of alkyl halides is 5. The summed E-state index contributed by atoms with van der Waals surface area (Å²) in [6, 6.07) is 2.77. The maximum Gasteiger partial charge on any atom is 0.416 e. The van der Waals surface area contributed by atoms with Crippen molar-refractivity contribution < 1.29 is 22.0 Å². The molecule has 0 amide bonds. The van der Waals surface area contributed by atoms with Crippen LogP contribution in [0, 0.1) is 0 Å². The van der Waals surface area contributed by atoms with Crippen molar-refractivity contribution in [3.8, 4) is 0 Å². The molecule has 17 heavy (non-hydrogen) atoms. The van der Waals surface area contributed by atoms with Crippen molar-refractivity contribution in [1.29, 1.82) is 0 Å². The SMILES string of the molecule is CC(N)CC(F)(F)c1ccccc1C(F)(F)F. The molecule has 1 nitrogen and oxygen atoms in total. The standard InChI is InChI=1S/C11H12F5N/c1-7(17)6-10(12,13)8-4-2-3-5-9(8)11(14,15)16/h2-5,7H,6,17H2,1H3. The minimum Gasteiger partial charge on any atom is -0.328 e. The zero-order valence-corrected chi connectivity index (χ0v) is 9.06. The molecule has 0 spiro atoms. The Balaban J connectivity index is 3.22. The number of rotatable bonds is 3. The first-order valence-electron chi connectivity index (χ1n) is 4.94. The normalized spacial score (nSPS) is 14.8. The van der Waals surface area contributed by atoms with E-state index in [0.29, 0.717) is 6.07 Å². The number of halogens is 5. The zero-order chi connectivity index (χ0) is 13.3. The van der Waals surface area contributed by atoms with Crippen LogP contribution in [-0.2, 0) is 12.1 Å². The van der Waals surface area contributed by atoms with E-state index in [0.717, 1.165) is 18.2 Å². The first kappa shape index (κ1) is 13.9. The van der Waals surface area contributed by atoms with Crippen molar-refractivity contribution in [1.82, 2.24) is 0 Å². The second kappa shape index (κ2) is 4.60. The molecule has 0 saturated carbocycles. The second-order valence-electron chi connectivity index (χ2n) is 3.93. The van der Waals surface area contributed by atoms with Gasteiger partial charge in [-0.2, -0.15) is 13.2 Å². The molecule has 0 heterocycles. The molecule has 6 heteroatoms. The topological polar surface area (TPSA) is 26.0 Å². The van der Waals surface area contributed by atoms with Gasteiger partial charge in [-0.25, -0.2) is 8.78 Å². The lowest BCUT2D eigenvalue weighted by Gasteiger charge is -2.22. The Labute approximate surface area is 95.4 Å². The smallest absolute Gasteiger partial charge is 0.328 e. The van der Waals surface area contributed by atoms with Crippen molar-refractivity contribution in [2.75, 3.05) is 0 Å². The van der Waals surface area contributed by atoms with E-state index in [2.05, 4.69) is 0 Å². The molecule has 0 radical (unpaired) electrons. The number of hydrogen-bond donors (Lipinski definition) is 1. The van der Waals surface area contributed by atoms with Crippen molar-refractivity contribution in [3.63, 3.8) is 0 Å². The highest BCUT2D eigenvalue weighted by Gasteiger charge is 2.42. The fourth-order valence-corrected chi connectivity index (χ4v) is 1.56. The molecule has 0 aliphatic carbocycles. The van der Waals surface area contributed by atoms with Gasteiger partial charge >= 0.3 is 6.18 Å².